The van der Waals surface area contributed by atoms with E-state index in [0.717, 1.165) is 11.1 Å². The van der Waals surface area contributed by atoms with Crippen LogP contribution in [0.4, 0.5) is 0 Å². The van der Waals surface area contributed by atoms with Crippen molar-refractivity contribution in [2.75, 3.05) is 6.54 Å². The van der Waals surface area contributed by atoms with Crippen molar-refractivity contribution < 1.29 is 9.90 Å². The van der Waals surface area contributed by atoms with Crippen LogP contribution in [0.2, 0.25) is 0 Å². The van der Waals surface area contributed by atoms with Crippen LogP contribution in [0.25, 0.3) is 11.4 Å². The number of amides is 1. The Morgan fingerprint density at radius 1 is 1.28 bits per heavy atom. The molecule has 0 spiro atoms. The van der Waals surface area contributed by atoms with E-state index in [4.69, 9.17) is 0 Å². The number of hydrogen-bond acceptors (Lipinski definition) is 5. The number of rotatable bonds is 7. The first-order chi connectivity index (χ1) is 11.7. The second kappa shape index (κ2) is 7.74. The second-order valence-electron chi connectivity index (χ2n) is 7.46. The fraction of sp³-hybridized carbons (Fsp3) is 0.556. The fourth-order valence-electron chi connectivity index (χ4n) is 2.65. The third-order valence-corrected chi connectivity index (χ3v) is 4.22. The maximum absolute atomic E-state index is 12.1. The average Bonchev–Trinajstić information content (AvgIpc) is 3.01. The van der Waals surface area contributed by atoms with Crippen LogP contribution >= 0.6 is 0 Å². The molecule has 1 atom stereocenters. The number of carbonyl (C=O) groups excluding carboxylic acids is 1. The van der Waals surface area contributed by atoms with Crippen molar-refractivity contribution in [1.82, 2.24) is 25.5 Å². The lowest BCUT2D eigenvalue weighted by atomic mass is 9.81. The highest BCUT2D eigenvalue weighted by atomic mass is 16.3. The normalized spacial score (nSPS) is 13.1. The molecule has 7 nitrogen and oxygen atoms in total. The maximum Gasteiger partial charge on any atom is 0.243 e. The molecule has 1 unspecified atom stereocenters. The molecule has 1 aromatic carbocycles. The number of aryl methyl sites for hydroxylation is 1. The van der Waals surface area contributed by atoms with Crippen LogP contribution in [-0.4, -0.2) is 43.9 Å². The van der Waals surface area contributed by atoms with E-state index in [1.807, 2.05) is 58.9 Å². The molecule has 136 valence electrons. The molecule has 0 aliphatic carbocycles. The van der Waals surface area contributed by atoms with E-state index in [-0.39, 0.29) is 18.4 Å². The molecule has 1 heterocycles. The standard InChI is InChI=1S/C18H27N5O2/c1-12(2)16(25)18(4,5)11-19-15(24)10-23-21-17(20-22-23)14-8-6-13(3)7-9-14/h6-9,12,16,25H,10-11H2,1-5H3,(H,19,24). The molecule has 25 heavy (non-hydrogen) atoms. The van der Waals surface area contributed by atoms with E-state index >= 15 is 0 Å². The van der Waals surface area contributed by atoms with Gasteiger partial charge in [0.25, 0.3) is 0 Å². The smallest absolute Gasteiger partial charge is 0.243 e. The number of nitrogens with one attached hydrogen (secondary N) is 1. The zero-order chi connectivity index (χ0) is 18.6. The van der Waals surface area contributed by atoms with E-state index < -0.39 is 11.5 Å². The van der Waals surface area contributed by atoms with Gasteiger partial charge in [0.2, 0.25) is 11.7 Å². The SMILES string of the molecule is Cc1ccc(-c2nnn(CC(=O)NCC(C)(C)C(O)C(C)C)n2)cc1. The molecule has 2 rings (SSSR count). The summed E-state index contributed by atoms with van der Waals surface area (Å²) in [5.41, 5.74) is 1.60. The van der Waals surface area contributed by atoms with Crippen molar-refractivity contribution in [3.63, 3.8) is 0 Å². The largest absolute Gasteiger partial charge is 0.392 e. The molecular weight excluding hydrogens is 318 g/mol. The van der Waals surface area contributed by atoms with Crippen molar-refractivity contribution in [3.8, 4) is 11.4 Å². The minimum atomic E-state index is -0.495. The van der Waals surface area contributed by atoms with Gasteiger partial charge in [-0.2, -0.15) is 4.80 Å². The number of hydrogen-bond donors (Lipinski definition) is 2. The summed E-state index contributed by atoms with van der Waals surface area (Å²) in [5, 5.41) is 25.2. The van der Waals surface area contributed by atoms with Gasteiger partial charge >= 0.3 is 0 Å². The van der Waals surface area contributed by atoms with Crippen LogP contribution in [0.3, 0.4) is 0 Å². The number of aliphatic hydroxyl groups excluding tert-OH is 1. The Bertz CT molecular complexity index is 707. The summed E-state index contributed by atoms with van der Waals surface area (Å²) in [6, 6.07) is 7.80. The molecule has 7 heteroatoms. The lowest BCUT2D eigenvalue weighted by molar-refractivity contribution is -0.123. The first-order valence-electron chi connectivity index (χ1n) is 8.48. The van der Waals surface area contributed by atoms with Gasteiger partial charge in [-0.1, -0.05) is 57.5 Å². The average molecular weight is 345 g/mol. The third-order valence-electron chi connectivity index (χ3n) is 4.22. The van der Waals surface area contributed by atoms with Crippen LogP contribution in [0.15, 0.2) is 24.3 Å². The minimum absolute atomic E-state index is 0.00723. The van der Waals surface area contributed by atoms with Crippen molar-refractivity contribution in [2.24, 2.45) is 11.3 Å². The Labute approximate surface area is 148 Å². The summed E-state index contributed by atoms with van der Waals surface area (Å²) in [4.78, 5) is 13.4. The predicted octanol–water partition coefficient (Wildman–Crippen LogP) is 1.81. The van der Waals surface area contributed by atoms with Crippen LogP contribution in [-0.2, 0) is 11.3 Å². The molecule has 0 saturated carbocycles. The second-order valence-corrected chi connectivity index (χ2v) is 7.46. The monoisotopic (exact) mass is 345 g/mol. The summed E-state index contributed by atoms with van der Waals surface area (Å²) in [6.45, 7) is 10.2. The molecule has 0 radical (unpaired) electrons. The van der Waals surface area contributed by atoms with Gasteiger partial charge in [-0.25, -0.2) is 0 Å². The number of benzene rings is 1. The molecule has 1 amide bonds. The highest BCUT2D eigenvalue weighted by Crippen LogP contribution is 2.25. The summed E-state index contributed by atoms with van der Waals surface area (Å²) in [7, 11) is 0. The van der Waals surface area contributed by atoms with E-state index in [1.54, 1.807) is 0 Å². The van der Waals surface area contributed by atoms with E-state index in [1.165, 1.54) is 4.80 Å². The molecule has 2 N–H and O–H groups in total. The number of nitrogens with zero attached hydrogens (tertiary/aromatic N) is 4. The Morgan fingerprint density at radius 3 is 2.52 bits per heavy atom. The van der Waals surface area contributed by atoms with Gasteiger partial charge in [0, 0.05) is 17.5 Å². The van der Waals surface area contributed by atoms with E-state index in [2.05, 4.69) is 20.7 Å². The van der Waals surface area contributed by atoms with Crippen molar-refractivity contribution in [1.29, 1.82) is 0 Å². The topological polar surface area (TPSA) is 92.9 Å². The number of aromatic nitrogens is 4. The Kier molecular flexibility index (Phi) is 5.89. The molecular formula is C18H27N5O2. The zero-order valence-corrected chi connectivity index (χ0v) is 15.5. The van der Waals surface area contributed by atoms with Gasteiger partial charge < -0.3 is 10.4 Å². The summed E-state index contributed by atoms with van der Waals surface area (Å²) in [6.07, 6.45) is -0.495. The van der Waals surface area contributed by atoms with Gasteiger partial charge in [0.1, 0.15) is 6.54 Å². The molecule has 0 aliphatic rings. The van der Waals surface area contributed by atoms with Crippen LogP contribution in [0, 0.1) is 18.3 Å². The van der Waals surface area contributed by atoms with E-state index in [9.17, 15) is 9.90 Å². The summed E-state index contributed by atoms with van der Waals surface area (Å²) in [5.74, 6) is 0.404. The summed E-state index contributed by atoms with van der Waals surface area (Å²) >= 11 is 0. The van der Waals surface area contributed by atoms with Gasteiger partial charge in [0.15, 0.2) is 0 Å². The van der Waals surface area contributed by atoms with Crippen LogP contribution in [0.1, 0.15) is 33.3 Å². The molecule has 1 aromatic heterocycles. The van der Waals surface area contributed by atoms with Crippen LogP contribution in [0.5, 0.6) is 0 Å². The predicted molar refractivity (Wildman–Crippen MR) is 95.6 cm³/mol. The highest BCUT2D eigenvalue weighted by Gasteiger charge is 2.30. The Morgan fingerprint density at radius 2 is 1.92 bits per heavy atom. The number of carbonyl (C=O) groups is 1. The fourth-order valence-corrected chi connectivity index (χ4v) is 2.65. The molecule has 0 saturated heterocycles. The van der Waals surface area contributed by atoms with Gasteiger partial charge in [0.05, 0.1) is 6.10 Å². The molecule has 0 bridgehead atoms. The highest BCUT2D eigenvalue weighted by molar-refractivity contribution is 5.75. The lowest BCUT2D eigenvalue weighted by Gasteiger charge is -2.33. The Balaban J connectivity index is 1.92. The number of tetrazole rings is 1. The minimum Gasteiger partial charge on any atom is -0.392 e. The lowest BCUT2D eigenvalue weighted by Crippen LogP contribution is -2.44. The van der Waals surface area contributed by atoms with Crippen molar-refractivity contribution in [3.05, 3.63) is 29.8 Å². The van der Waals surface area contributed by atoms with Crippen molar-refractivity contribution >= 4 is 5.91 Å². The zero-order valence-electron chi connectivity index (χ0n) is 15.5. The third kappa shape index (κ3) is 5.09. The van der Waals surface area contributed by atoms with E-state index in [0.29, 0.717) is 12.4 Å². The Hall–Kier alpha value is -2.28. The van der Waals surface area contributed by atoms with Gasteiger partial charge in [-0.05, 0) is 18.1 Å². The maximum atomic E-state index is 12.1. The number of aliphatic hydroxyl groups is 1. The molecule has 0 fully saturated rings. The van der Waals surface area contributed by atoms with Crippen molar-refractivity contribution in [2.45, 2.75) is 47.3 Å². The van der Waals surface area contributed by atoms with Gasteiger partial charge in [-0.3, -0.25) is 4.79 Å². The molecule has 0 aliphatic heterocycles. The quantitative estimate of drug-likeness (QED) is 0.798. The first kappa shape index (κ1) is 19.1. The molecule has 2 aromatic rings. The van der Waals surface area contributed by atoms with Crippen LogP contribution < -0.4 is 5.32 Å². The first-order valence-corrected chi connectivity index (χ1v) is 8.48. The van der Waals surface area contributed by atoms with Gasteiger partial charge in [-0.15, -0.1) is 10.2 Å². The summed E-state index contributed by atoms with van der Waals surface area (Å²) < 4.78 is 0.